The van der Waals surface area contributed by atoms with Crippen LogP contribution in [0.2, 0.25) is 0 Å². The van der Waals surface area contributed by atoms with Crippen LogP contribution in [0.25, 0.3) is 0 Å². The Morgan fingerprint density at radius 3 is 2.62 bits per heavy atom. The quantitative estimate of drug-likeness (QED) is 0.781. The Bertz CT molecular complexity index is 324. The molecule has 0 saturated heterocycles. The molecule has 1 heterocycles. The maximum Gasteiger partial charge on any atom is 0.251 e. The number of carbonyl (C=O) groups is 1. The smallest absolute Gasteiger partial charge is 0.251 e. The lowest BCUT2D eigenvalue weighted by molar-refractivity contribution is 0.100. The van der Waals surface area contributed by atoms with E-state index in [1.54, 1.807) is 0 Å². The summed E-state index contributed by atoms with van der Waals surface area (Å²) >= 11 is 0.968. The van der Waals surface area contributed by atoms with Crippen molar-refractivity contribution in [2.45, 2.75) is 12.8 Å². The first-order chi connectivity index (χ1) is 6.00. The van der Waals surface area contributed by atoms with E-state index in [4.69, 9.17) is 11.5 Å². The van der Waals surface area contributed by atoms with Gasteiger partial charge in [0, 0.05) is 11.3 Å². The third-order valence-corrected chi connectivity index (χ3v) is 2.42. The summed E-state index contributed by atoms with van der Waals surface area (Å²) < 4.78 is 23.8. The molecule has 72 valence electrons. The van der Waals surface area contributed by atoms with Crippen molar-refractivity contribution in [3.63, 3.8) is 0 Å². The highest BCUT2D eigenvalue weighted by atomic mass is 32.1. The highest BCUT2D eigenvalue weighted by Gasteiger charge is 2.13. The standard InChI is InChI=1S/C7H8F2N2OS/c8-5(9)2-3-1-4(6(10)12)7(11)13-3/h1,5H,2,11H2,(H2,10,12). The lowest BCUT2D eigenvalue weighted by Crippen LogP contribution is -2.11. The van der Waals surface area contributed by atoms with E-state index in [-0.39, 0.29) is 17.0 Å². The summed E-state index contributed by atoms with van der Waals surface area (Å²) in [4.78, 5) is 11.1. The normalized spacial score (nSPS) is 10.7. The van der Waals surface area contributed by atoms with Gasteiger partial charge in [-0.25, -0.2) is 8.78 Å². The first-order valence-electron chi connectivity index (χ1n) is 3.47. The van der Waals surface area contributed by atoms with E-state index in [1.165, 1.54) is 6.07 Å². The van der Waals surface area contributed by atoms with Gasteiger partial charge in [-0.3, -0.25) is 4.79 Å². The van der Waals surface area contributed by atoms with Crippen LogP contribution in [0, 0.1) is 0 Å². The molecule has 0 unspecified atom stereocenters. The Kier molecular flexibility index (Phi) is 2.82. The lowest BCUT2D eigenvalue weighted by atomic mass is 10.2. The van der Waals surface area contributed by atoms with Crippen molar-refractivity contribution in [2.75, 3.05) is 5.73 Å². The minimum atomic E-state index is -2.43. The van der Waals surface area contributed by atoms with Crippen LogP contribution < -0.4 is 11.5 Å². The second-order valence-electron chi connectivity index (χ2n) is 2.45. The SMILES string of the molecule is NC(=O)c1cc(CC(F)F)sc1N. The summed E-state index contributed by atoms with van der Waals surface area (Å²) in [6.07, 6.45) is -2.82. The Hall–Kier alpha value is -1.17. The van der Waals surface area contributed by atoms with Crippen molar-refractivity contribution < 1.29 is 13.6 Å². The largest absolute Gasteiger partial charge is 0.390 e. The van der Waals surface area contributed by atoms with E-state index >= 15 is 0 Å². The highest BCUT2D eigenvalue weighted by Crippen LogP contribution is 2.26. The molecule has 1 amide bonds. The molecule has 6 heteroatoms. The summed E-state index contributed by atoms with van der Waals surface area (Å²) in [7, 11) is 0. The third kappa shape index (κ3) is 2.38. The average molecular weight is 206 g/mol. The zero-order valence-corrected chi connectivity index (χ0v) is 7.41. The zero-order valence-electron chi connectivity index (χ0n) is 6.59. The first kappa shape index (κ1) is 9.91. The molecule has 0 fully saturated rings. The maximum atomic E-state index is 11.9. The molecular formula is C7H8F2N2OS. The Labute approximate surface area is 77.3 Å². The van der Waals surface area contributed by atoms with Gasteiger partial charge in [0.25, 0.3) is 5.91 Å². The molecule has 1 aromatic rings. The van der Waals surface area contributed by atoms with E-state index in [2.05, 4.69) is 0 Å². The van der Waals surface area contributed by atoms with Gasteiger partial charge in [0.2, 0.25) is 6.43 Å². The number of alkyl halides is 2. The molecule has 0 aliphatic heterocycles. The van der Waals surface area contributed by atoms with Crippen molar-refractivity contribution in [3.05, 3.63) is 16.5 Å². The van der Waals surface area contributed by atoms with E-state index < -0.39 is 12.3 Å². The number of primary amides is 1. The van der Waals surface area contributed by atoms with Crippen LogP contribution in [0.3, 0.4) is 0 Å². The second kappa shape index (κ2) is 3.69. The monoisotopic (exact) mass is 206 g/mol. The van der Waals surface area contributed by atoms with Gasteiger partial charge in [-0.15, -0.1) is 11.3 Å². The molecule has 4 N–H and O–H groups in total. The van der Waals surface area contributed by atoms with Gasteiger partial charge in [0.1, 0.15) is 0 Å². The third-order valence-electron chi connectivity index (χ3n) is 1.43. The van der Waals surface area contributed by atoms with Gasteiger partial charge in [-0.05, 0) is 6.07 Å². The minimum absolute atomic E-state index is 0.126. The Morgan fingerprint density at radius 2 is 2.23 bits per heavy atom. The predicted molar refractivity (Wildman–Crippen MR) is 47.0 cm³/mol. The molecule has 13 heavy (non-hydrogen) atoms. The van der Waals surface area contributed by atoms with Crippen LogP contribution in [0.4, 0.5) is 13.8 Å². The van der Waals surface area contributed by atoms with Crippen LogP contribution in [-0.4, -0.2) is 12.3 Å². The van der Waals surface area contributed by atoms with E-state index in [1.807, 2.05) is 0 Å². The molecule has 1 aromatic heterocycles. The van der Waals surface area contributed by atoms with Crippen LogP contribution in [-0.2, 0) is 6.42 Å². The van der Waals surface area contributed by atoms with Crippen molar-refractivity contribution in [1.29, 1.82) is 0 Å². The van der Waals surface area contributed by atoms with Gasteiger partial charge in [-0.2, -0.15) is 0 Å². The molecule has 0 bridgehead atoms. The topological polar surface area (TPSA) is 69.1 Å². The van der Waals surface area contributed by atoms with Crippen molar-refractivity contribution >= 4 is 22.2 Å². The number of hydrogen-bond donors (Lipinski definition) is 2. The zero-order chi connectivity index (χ0) is 10.0. The van der Waals surface area contributed by atoms with Crippen LogP contribution >= 0.6 is 11.3 Å². The average Bonchev–Trinajstić information content (AvgIpc) is 2.29. The number of hydrogen-bond acceptors (Lipinski definition) is 3. The van der Waals surface area contributed by atoms with Crippen LogP contribution in [0.15, 0.2) is 6.07 Å². The Balaban J connectivity index is 2.89. The molecule has 0 atom stereocenters. The molecule has 0 radical (unpaired) electrons. The molecule has 0 saturated carbocycles. The summed E-state index contributed by atoms with van der Waals surface area (Å²) in [6.45, 7) is 0. The fourth-order valence-electron chi connectivity index (χ4n) is 0.903. The molecule has 0 aliphatic carbocycles. The van der Waals surface area contributed by atoms with E-state index in [9.17, 15) is 13.6 Å². The van der Waals surface area contributed by atoms with Gasteiger partial charge in [0.15, 0.2) is 0 Å². The fourth-order valence-corrected chi connectivity index (χ4v) is 1.84. The number of carbonyl (C=O) groups excluding carboxylic acids is 1. The molecule has 0 aliphatic rings. The van der Waals surface area contributed by atoms with Crippen molar-refractivity contribution in [3.8, 4) is 0 Å². The lowest BCUT2D eigenvalue weighted by Gasteiger charge is -1.92. The van der Waals surface area contributed by atoms with Gasteiger partial charge in [-0.1, -0.05) is 0 Å². The van der Waals surface area contributed by atoms with Gasteiger partial charge >= 0.3 is 0 Å². The van der Waals surface area contributed by atoms with E-state index in [0.29, 0.717) is 4.88 Å². The summed E-state index contributed by atoms with van der Waals surface area (Å²) in [5.41, 5.74) is 10.5. The molecule has 1 rings (SSSR count). The molecule has 0 spiro atoms. The minimum Gasteiger partial charge on any atom is -0.390 e. The summed E-state index contributed by atoms with van der Waals surface area (Å²) in [6, 6.07) is 1.31. The van der Waals surface area contributed by atoms with Gasteiger partial charge < -0.3 is 11.5 Å². The fraction of sp³-hybridized carbons (Fsp3) is 0.286. The number of amides is 1. The molecule has 0 aromatic carbocycles. The van der Waals surface area contributed by atoms with E-state index in [0.717, 1.165) is 11.3 Å². The van der Waals surface area contributed by atoms with Crippen molar-refractivity contribution in [2.24, 2.45) is 5.73 Å². The molecule has 3 nitrogen and oxygen atoms in total. The van der Waals surface area contributed by atoms with Crippen molar-refractivity contribution in [1.82, 2.24) is 0 Å². The number of halogens is 2. The maximum absolute atomic E-state index is 11.9. The number of thiophene rings is 1. The summed E-state index contributed by atoms with van der Waals surface area (Å²) in [5.74, 6) is -0.686. The Morgan fingerprint density at radius 1 is 1.62 bits per heavy atom. The second-order valence-corrected chi connectivity index (χ2v) is 3.62. The van der Waals surface area contributed by atoms with Crippen LogP contribution in [0.1, 0.15) is 15.2 Å². The summed E-state index contributed by atoms with van der Waals surface area (Å²) in [5, 5.41) is 0.197. The van der Waals surface area contributed by atoms with Gasteiger partial charge in [0.05, 0.1) is 10.6 Å². The number of anilines is 1. The number of rotatable bonds is 3. The number of nitrogens with two attached hydrogens (primary N) is 2. The predicted octanol–water partition coefficient (Wildman–Crippen LogP) is 1.24. The first-order valence-corrected chi connectivity index (χ1v) is 4.28. The van der Waals surface area contributed by atoms with Crippen LogP contribution in [0.5, 0.6) is 0 Å². The number of nitrogen functional groups attached to an aromatic ring is 1. The highest BCUT2D eigenvalue weighted by molar-refractivity contribution is 7.16. The molecular weight excluding hydrogens is 198 g/mol.